The van der Waals surface area contributed by atoms with Crippen molar-refractivity contribution in [3.05, 3.63) is 29.8 Å². The number of nitrogens with one attached hydrogen (secondary N) is 2. The van der Waals surface area contributed by atoms with Crippen LogP contribution in [0, 0.1) is 5.92 Å². The zero-order valence-electron chi connectivity index (χ0n) is 14.4. The minimum Gasteiger partial charge on any atom is -0.325 e. The average Bonchev–Trinajstić information content (AvgIpc) is 2.50. The second-order valence-corrected chi connectivity index (χ2v) is 7.02. The number of anilines is 1. The van der Waals surface area contributed by atoms with Crippen LogP contribution in [0.1, 0.15) is 64.9 Å². The summed E-state index contributed by atoms with van der Waals surface area (Å²) in [7, 11) is 0. The van der Waals surface area contributed by atoms with Gasteiger partial charge in [0.1, 0.15) is 0 Å². The van der Waals surface area contributed by atoms with Crippen LogP contribution in [-0.4, -0.2) is 18.0 Å². The molecule has 0 spiro atoms. The molecule has 122 valence electrons. The molecule has 0 aliphatic heterocycles. The molecule has 1 fully saturated rings. The van der Waals surface area contributed by atoms with Gasteiger partial charge in [-0.05, 0) is 49.3 Å². The minimum absolute atomic E-state index is 0.0510. The summed E-state index contributed by atoms with van der Waals surface area (Å²) in [6, 6.07) is 8.46. The molecule has 1 saturated carbocycles. The van der Waals surface area contributed by atoms with Gasteiger partial charge >= 0.3 is 0 Å². The molecule has 0 saturated heterocycles. The number of hydrogen-bond donors (Lipinski definition) is 2. The molecule has 0 radical (unpaired) electrons. The Balaban J connectivity index is 1.87. The van der Waals surface area contributed by atoms with E-state index in [-0.39, 0.29) is 11.9 Å². The molecular weight excluding hydrogens is 272 g/mol. The fourth-order valence-corrected chi connectivity index (χ4v) is 3.16. The topological polar surface area (TPSA) is 41.1 Å². The summed E-state index contributed by atoms with van der Waals surface area (Å²) in [4.78, 5) is 12.3. The Bertz CT molecular complexity index is 481. The van der Waals surface area contributed by atoms with Crippen LogP contribution in [0.25, 0.3) is 0 Å². The highest BCUT2D eigenvalue weighted by Crippen LogP contribution is 2.24. The van der Waals surface area contributed by atoms with E-state index < -0.39 is 0 Å². The molecule has 0 bridgehead atoms. The van der Waals surface area contributed by atoms with Crippen molar-refractivity contribution in [3.8, 4) is 0 Å². The molecule has 3 atom stereocenters. The maximum atomic E-state index is 12.3. The second kappa shape index (κ2) is 7.77. The molecule has 1 aromatic carbocycles. The van der Waals surface area contributed by atoms with Gasteiger partial charge < -0.3 is 10.6 Å². The zero-order valence-corrected chi connectivity index (χ0v) is 14.4. The summed E-state index contributed by atoms with van der Waals surface area (Å²) in [5.41, 5.74) is 2.17. The highest BCUT2D eigenvalue weighted by Gasteiger charge is 2.24. The molecule has 1 amide bonds. The van der Waals surface area contributed by atoms with Crippen molar-refractivity contribution < 1.29 is 4.79 Å². The third-order valence-electron chi connectivity index (χ3n) is 4.81. The molecule has 1 aromatic rings. The van der Waals surface area contributed by atoms with Crippen LogP contribution in [0.4, 0.5) is 5.69 Å². The van der Waals surface area contributed by atoms with Crippen molar-refractivity contribution in [1.29, 1.82) is 0 Å². The van der Waals surface area contributed by atoms with Gasteiger partial charge in [0.15, 0.2) is 0 Å². The molecule has 0 aromatic heterocycles. The zero-order chi connectivity index (χ0) is 16.1. The SMILES string of the molecule is CC(C)c1ccc(NC(=O)[C@H](C)N[C@H]2CCCC[C@H]2C)cc1. The van der Waals surface area contributed by atoms with E-state index in [0.717, 1.165) is 5.69 Å². The van der Waals surface area contributed by atoms with E-state index in [1.54, 1.807) is 0 Å². The number of carbonyl (C=O) groups is 1. The Kier molecular flexibility index (Phi) is 6.01. The molecule has 0 unspecified atom stereocenters. The molecule has 0 heterocycles. The standard InChI is InChI=1S/C19H30N2O/c1-13(2)16-9-11-17(12-10-16)21-19(22)15(4)20-18-8-6-5-7-14(18)3/h9-15,18,20H,5-8H2,1-4H3,(H,21,22)/t14-,15+,18+/m1/s1. The van der Waals surface area contributed by atoms with Crippen LogP contribution in [0.2, 0.25) is 0 Å². The molecule has 1 aliphatic carbocycles. The number of rotatable bonds is 5. The molecular formula is C19H30N2O. The van der Waals surface area contributed by atoms with Gasteiger partial charge in [-0.15, -0.1) is 0 Å². The van der Waals surface area contributed by atoms with Gasteiger partial charge in [0.25, 0.3) is 0 Å². The maximum Gasteiger partial charge on any atom is 0.241 e. The Labute approximate surface area is 134 Å². The summed E-state index contributed by atoms with van der Waals surface area (Å²) >= 11 is 0. The first-order valence-corrected chi connectivity index (χ1v) is 8.64. The Morgan fingerprint density at radius 1 is 1.09 bits per heavy atom. The van der Waals surface area contributed by atoms with E-state index in [2.05, 4.69) is 43.5 Å². The maximum absolute atomic E-state index is 12.3. The van der Waals surface area contributed by atoms with Crippen molar-refractivity contribution in [2.45, 2.75) is 71.4 Å². The van der Waals surface area contributed by atoms with Crippen LogP contribution in [0.3, 0.4) is 0 Å². The minimum atomic E-state index is -0.157. The van der Waals surface area contributed by atoms with E-state index >= 15 is 0 Å². The Morgan fingerprint density at radius 2 is 1.73 bits per heavy atom. The first-order chi connectivity index (χ1) is 10.5. The van der Waals surface area contributed by atoms with Crippen molar-refractivity contribution in [2.24, 2.45) is 5.92 Å². The van der Waals surface area contributed by atoms with Gasteiger partial charge in [0.2, 0.25) is 5.91 Å². The van der Waals surface area contributed by atoms with Gasteiger partial charge in [0, 0.05) is 11.7 Å². The van der Waals surface area contributed by atoms with E-state index in [0.29, 0.717) is 17.9 Å². The summed E-state index contributed by atoms with van der Waals surface area (Å²) in [6.45, 7) is 8.58. The molecule has 1 aliphatic rings. The molecule has 22 heavy (non-hydrogen) atoms. The quantitative estimate of drug-likeness (QED) is 0.851. The third kappa shape index (κ3) is 4.57. The first kappa shape index (κ1) is 17.0. The molecule has 3 nitrogen and oxygen atoms in total. The molecule has 2 N–H and O–H groups in total. The average molecular weight is 302 g/mol. The smallest absolute Gasteiger partial charge is 0.241 e. The van der Waals surface area contributed by atoms with Crippen molar-refractivity contribution in [1.82, 2.24) is 5.32 Å². The van der Waals surface area contributed by atoms with Crippen molar-refractivity contribution in [3.63, 3.8) is 0 Å². The lowest BCUT2D eigenvalue weighted by Crippen LogP contribution is -2.47. The van der Waals surface area contributed by atoms with Gasteiger partial charge in [-0.3, -0.25) is 4.79 Å². The highest BCUT2D eigenvalue weighted by atomic mass is 16.2. The highest BCUT2D eigenvalue weighted by molar-refractivity contribution is 5.94. The van der Waals surface area contributed by atoms with Crippen LogP contribution in [-0.2, 0) is 4.79 Å². The van der Waals surface area contributed by atoms with Crippen molar-refractivity contribution in [2.75, 3.05) is 5.32 Å². The van der Waals surface area contributed by atoms with Gasteiger partial charge in [-0.2, -0.15) is 0 Å². The normalized spacial score (nSPS) is 23.3. The lowest BCUT2D eigenvalue weighted by atomic mass is 9.85. The van der Waals surface area contributed by atoms with Crippen molar-refractivity contribution >= 4 is 11.6 Å². The predicted octanol–water partition coefficient (Wildman–Crippen LogP) is 4.31. The number of amides is 1. The number of carbonyl (C=O) groups excluding carboxylic acids is 1. The van der Waals surface area contributed by atoms with E-state index in [1.807, 2.05) is 19.1 Å². The second-order valence-electron chi connectivity index (χ2n) is 7.02. The third-order valence-corrected chi connectivity index (χ3v) is 4.81. The predicted molar refractivity (Wildman–Crippen MR) is 93.2 cm³/mol. The van der Waals surface area contributed by atoms with E-state index in [1.165, 1.54) is 31.2 Å². The summed E-state index contributed by atoms with van der Waals surface area (Å²) in [5, 5.41) is 6.52. The Hall–Kier alpha value is -1.35. The van der Waals surface area contributed by atoms with E-state index in [9.17, 15) is 4.79 Å². The van der Waals surface area contributed by atoms with Crippen LogP contribution >= 0.6 is 0 Å². The first-order valence-electron chi connectivity index (χ1n) is 8.64. The van der Waals surface area contributed by atoms with Crippen LogP contribution in [0.15, 0.2) is 24.3 Å². The fourth-order valence-electron chi connectivity index (χ4n) is 3.16. The Morgan fingerprint density at radius 3 is 2.32 bits per heavy atom. The summed E-state index contributed by atoms with van der Waals surface area (Å²) in [6.07, 6.45) is 5.04. The summed E-state index contributed by atoms with van der Waals surface area (Å²) < 4.78 is 0. The lowest BCUT2D eigenvalue weighted by molar-refractivity contribution is -0.118. The fraction of sp³-hybridized carbons (Fsp3) is 0.632. The van der Waals surface area contributed by atoms with Gasteiger partial charge in [-0.25, -0.2) is 0 Å². The monoisotopic (exact) mass is 302 g/mol. The largest absolute Gasteiger partial charge is 0.325 e. The number of benzene rings is 1. The molecule has 3 heteroatoms. The number of hydrogen-bond acceptors (Lipinski definition) is 2. The summed E-state index contributed by atoms with van der Waals surface area (Å²) in [5.74, 6) is 1.22. The lowest BCUT2D eigenvalue weighted by Gasteiger charge is -2.31. The molecule has 2 rings (SSSR count). The van der Waals surface area contributed by atoms with Crippen LogP contribution < -0.4 is 10.6 Å². The van der Waals surface area contributed by atoms with Gasteiger partial charge in [0.05, 0.1) is 6.04 Å². The van der Waals surface area contributed by atoms with E-state index in [4.69, 9.17) is 0 Å². The van der Waals surface area contributed by atoms with Crippen LogP contribution in [0.5, 0.6) is 0 Å². The van der Waals surface area contributed by atoms with Gasteiger partial charge in [-0.1, -0.05) is 45.7 Å².